The highest BCUT2D eigenvalue weighted by molar-refractivity contribution is 6.30. The molecular formula is C13H19ClN2O. The molecule has 17 heavy (non-hydrogen) atoms. The van der Waals surface area contributed by atoms with Gasteiger partial charge < -0.3 is 15.0 Å². The van der Waals surface area contributed by atoms with Gasteiger partial charge in [0, 0.05) is 30.7 Å². The van der Waals surface area contributed by atoms with Gasteiger partial charge in [-0.05, 0) is 37.7 Å². The summed E-state index contributed by atoms with van der Waals surface area (Å²) in [7, 11) is 2.17. The summed E-state index contributed by atoms with van der Waals surface area (Å²) >= 11 is 5.80. The second kappa shape index (κ2) is 6.24. The van der Waals surface area contributed by atoms with Crippen LogP contribution in [0, 0.1) is 0 Å². The predicted octanol–water partition coefficient (Wildman–Crippen LogP) is 2.01. The number of hydrogen-bond donors (Lipinski definition) is 1. The molecule has 1 aromatic rings. The lowest BCUT2D eigenvalue weighted by Gasteiger charge is -2.35. The maximum atomic E-state index is 5.80. The third-order valence-electron chi connectivity index (χ3n) is 3.12. The Morgan fingerprint density at radius 2 is 2.06 bits per heavy atom. The lowest BCUT2D eigenvalue weighted by Crippen LogP contribution is -2.56. The quantitative estimate of drug-likeness (QED) is 0.786. The number of rotatable bonds is 6. The highest BCUT2D eigenvalue weighted by atomic mass is 35.5. The molecule has 1 aliphatic heterocycles. The fourth-order valence-electron chi connectivity index (χ4n) is 1.80. The SMILES string of the molecule is CN(CCCOc1ccc(Cl)cc1)C1CNC1. The lowest BCUT2D eigenvalue weighted by molar-refractivity contribution is 0.167. The molecule has 1 heterocycles. The van der Waals surface area contributed by atoms with E-state index in [1.54, 1.807) is 0 Å². The van der Waals surface area contributed by atoms with E-state index in [-0.39, 0.29) is 0 Å². The third-order valence-corrected chi connectivity index (χ3v) is 3.37. The molecule has 0 saturated carbocycles. The Hall–Kier alpha value is -0.770. The molecule has 0 radical (unpaired) electrons. The summed E-state index contributed by atoms with van der Waals surface area (Å²) in [6.07, 6.45) is 1.05. The van der Waals surface area contributed by atoms with Crippen LogP contribution >= 0.6 is 11.6 Å². The van der Waals surface area contributed by atoms with Crippen molar-refractivity contribution in [1.29, 1.82) is 0 Å². The number of halogens is 1. The second-order valence-corrected chi connectivity index (χ2v) is 4.89. The summed E-state index contributed by atoms with van der Waals surface area (Å²) in [4.78, 5) is 2.39. The topological polar surface area (TPSA) is 24.5 Å². The first-order chi connectivity index (χ1) is 8.25. The van der Waals surface area contributed by atoms with Crippen molar-refractivity contribution in [2.75, 3.05) is 33.3 Å². The van der Waals surface area contributed by atoms with E-state index in [0.29, 0.717) is 6.04 Å². The van der Waals surface area contributed by atoms with Gasteiger partial charge in [-0.15, -0.1) is 0 Å². The average Bonchev–Trinajstić information content (AvgIpc) is 2.24. The Morgan fingerprint density at radius 1 is 1.35 bits per heavy atom. The highest BCUT2D eigenvalue weighted by Gasteiger charge is 2.20. The molecule has 4 heteroatoms. The molecule has 0 spiro atoms. The summed E-state index contributed by atoms with van der Waals surface area (Å²) in [5.74, 6) is 0.891. The van der Waals surface area contributed by atoms with Gasteiger partial charge in [0.2, 0.25) is 0 Å². The molecule has 94 valence electrons. The van der Waals surface area contributed by atoms with E-state index in [1.165, 1.54) is 0 Å². The number of benzene rings is 1. The Labute approximate surface area is 108 Å². The molecule has 1 saturated heterocycles. The maximum Gasteiger partial charge on any atom is 0.119 e. The van der Waals surface area contributed by atoms with Crippen LogP contribution in [0.3, 0.4) is 0 Å². The van der Waals surface area contributed by atoms with Crippen molar-refractivity contribution in [3.63, 3.8) is 0 Å². The zero-order valence-corrected chi connectivity index (χ0v) is 10.9. The fourth-order valence-corrected chi connectivity index (χ4v) is 1.93. The van der Waals surface area contributed by atoms with E-state index >= 15 is 0 Å². The Morgan fingerprint density at radius 3 is 2.65 bits per heavy atom. The van der Waals surface area contributed by atoms with Crippen LogP contribution in [0.25, 0.3) is 0 Å². The van der Waals surface area contributed by atoms with Gasteiger partial charge in [-0.2, -0.15) is 0 Å². The van der Waals surface area contributed by atoms with E-state index < -0.39 is 0 Å². The summed E-state index contributed by atoms with van der Waals surface area (Å²) < 4.78 is 5.64. The summed E-state index contributed by atoms with van der Waals surface area (Å²) in [6.45, 7) is 4.08. The standard InChI is InChI=1S/C13H19ClN2O/c1-16(12-9-15-10-12)7-2-8-17-13-5-3-11(14)4-6-13/h3-6,12,15H,2,7-10H2,1H3. The predicted molar refractivity (Wildman–Crippen MR) is 70.9 cm³/mol. The number of likely N-dealkylation sites (N-methyl/N-ethyl adjacent to an activating group) is 1. The molecule has 1 aliphatic rings. The third kappa shape index (κ3) is 3.87. The van der Waals surface area contributed by atoms with Crippen molar-refractivity contribution < 1.29 is 4.74 Å². The van der Waals surface area contributed by atoms with Gasteiger partial charge in [0.15, 0.2) is 0 Å². The van der Waals surface area contributed by atoms with Crippen molar-refractivity contribution in [2.24, 2.45) is 0 Å². The van der Waals surface area contributed by atoms with Crippen LogP contribution in [0.15, 0.2) is 24.3 Å². The molecule has 1 N–H and O–H groups in total. The molecule has 0 aliphatic carbocycles. The smallest absolute Gasteiger partial charge is 0.119 e. The Balaban J connectivity index is 1.60. The summed E-state index contributed by atoms with van der Waals surface area (Å²) in [5, 5.41) is 4.02. The van der Waals surface area contributed by atoms with E-state index in [9.17, 15) is 0 Å². The highest BCUT2D eigenvalue weighted by Crippen LogP contribution is 2.15. The lowest BCUT2D eigenvalue weighted by atomic mass is 10.1. The first-order valence-corrected chi connectivity index (χ1v) is 6.43. The van der Waals surface area contributed by atoms with Gasteiger partial charge in [0.25, 0.3) is 0 Å². The normalized spacial score (nSPS) is 15.9. The number of nitrogens with one attached hydrogen (secondary N) is 1. The van der Waals surface area contributed by atoms with Crippen molar-refractivity contribution >= 4 is 11.6 Å². The number of ether oxygens (including phenoxy) is 1. The monoisotopic (exact) mass is 254 g/mol. The Kier molecular flexibility index (Phi) is 4.66. The van der Waals surface area contributed by atoms with Crippen molar-refractivity contribution in [1.82, 2.24) is 10.2 Å². The largest absolute Gasteiger partial charge is 0.494 e. The molecule has 0 aromatic heterocycles. The molecule has 0 unspecified atom stereocenters. The van der Waals surface area contributed by atoms with Crippen LogP contribution in [-0.2, 0) is 0 Å². The minimum atomic E-state index is 0.713. The molecule has 2 rings (SSSR count). The van der Waals surface area contributed by atoms with Crippen LogP contribution in [0.5, 0.6) is 5.75 Å². The van der Waals surface area contributed by atoms with E-state index in [1.807, 2.05) is 24.3 Å². The van der Waals surface area contributed by atoms with Crippen molar-refractivity contribution in [3.05, 3.63) is 29.3 Å². The van der Waals surface area contributed by atoms with E-state index in [0.717, 1.165) is 43.4 Å². The zero-order chi connectivity index (χ0) is 12.1. The van der Waals surface area contributed by atoms with Crippen LogP contribution in [0.2, 0.25) is 5.02 Å². The van der Waals surface area contributed by atoms with Crippen molar-refractivity contribution in [2.45, 2.75) is 12.5 Å². The minimum Gasteiger partial charge on any atom is -0.494 e. The van der Waals surface area contributed by atoms with Gasteiger partial charge in [-0.1, -0.05) is 11.6 Å². The van der Waals surface area contributed by atoms with Crippen LogP contribution < -0.4 is 10.1 Å². The molecule has 1 fully saturated rings. The van der Waals surface area contributed by atoms with Gasteiger partial charge in [-0.3, -0.25) is 0 Å². The average molecular weight is 255 g/mol. The minimum absolute atomic E-state index is 0.713. The van der Waals surface area contributed by atoms with E-state index in [2.05, 4.69) is 17.3 Å². The summed E-state index contributed by atoms with van der Waals surface area (Å²) in [5.41, 5.74) is 0. The molecule has 3 nitrogen and oxygen atoms in total. The molecular weight excluding hydrogens is 236 g/mol. The molecule has 0 bridgehead atoms. The Bertz CT molecular complexity index is 338. The maximum absolute atomic E-state index is 5.80. The van der Waals surface area contributed by atoms with Gasteiger partial charge >= 0.3 is 0 Å². The van der Waals surface area contributed by atoms with Crippen LogP contribution in [0.1, 0.15) is 6.42 Å². The molecule has 1 aromatic carbocycles. The first kappa shape index (κ1) is 12.7. The second-order valence-electron chi connectivity index (χ2n) is 4.45. The van der Waals surface area contributed by atoms with Gasteiger partial charge in [0.05, 0.1) is 6.61 Å². The number of nitrogens with zero attached hydrogens (tertiary/aromatic N) is 1. The van der Waals surface area contributed by atoms with Crippen LogP contribution in [-0.4, -0.2) is 44.2 Å². The number of hydrogen-bond acceptors (Lipinski definition) is 3. The van der Waals surface area contributed by atoms with Gasteiger partial charge in [-0.25, -0.2) is 0 Å². The first-order valence-electron chi connectivity index (χ1n) is 6.05. The van der Waals surface area contributed by atoms with E-state index in [4.69, 9.17) is 16.3 Å². The molecule has 0 atom stereocenters. The summed E-state index contributed by atoms with van der Waals surface area (Å²) in [6, 6.07) is 8.22. The van der Waals surface area contributed by atoms with Crippen molar-refractivity contribution in [3.8, 4) is 5.75 Å². The van der Waals surface area contributed by atoms with Crippen LogP contribution in [0.4, 0.5) is 0 Å². The molecule has 0 amide bonds. The fraction of sp³-hybridized carbons (Fsp3) is 0.538. The zero-order valence-electron chi connectivity index (χ0n) is 10.2. The van der Waals surface area contributed by atoms with Gasteiger partial charge in [0.1, 0.15) is 5.75 Å².